The summed E-state index contributed by atoms with van der Waals surface area (Å²) in [5.41, 5.74) is 5.01. The molecule has 3 aliphatic rings. The van der Waals surface area contributed by atoms with Crippen molar-refractivity contribution < 1.29 is 14.3 Å². The second-order valence-electron chi connectivity index (χ2n) is 9.44. The molecule has 1 fully saturated rings. The molecule has 1 amide bonds. The summed E-state index contributed by atoms with van der Waals surface area (Å²) in [6.45, 7) is 6.94. The van der Waals surface area contributed by atoms with Gasteiger partial charge in [-0.1, -0.05) is 25.4 Å². The molecule has 0 bridgehead atoms. The highest BCUT2D eigenvalue weighted by molar-refractivity contribution is 6.33. The van der Waals surface area contributed by atoms with Crippen molar-refractivity contribution in [3.63, 3.8) is 0 Å². The molecule has 5 rings (SSSR count). The molecule has 4 heterocycles. The van der Waals surface area contributed by atoms with Crippen LogP contribution in [0.25, 0.3) is 0 Å². The fourth-order valence-electron chi connectivity index (χ4n) is 5.01. The lowest BCUT2D eigenvalue weighted by Crippen LogP contribution is -2.42. The summed E-state index contributed by atoms with van der Waals surface area (Å²) in [4.78, 5) is 19.7. The molecular weight excluding hydrogens is 377 g/mol. The first kappa shape index (κ1) is 19.8. The number of pyridine rings is 1. The van der Waals surface area contributed by atoms with Gasteiger partial charge in [-0.3, -0.25) is 9.69 Å². The third-order valence-electron chi connectivity index (χ3n) is 6.50. The van der Waals surface area contributed by atoms with Crippen molar-refractivity contribution in [1.29, 1.82) is 0 Å². The molecule has 1 unspecified atom stereocenters. The minimum atomic E-state index is -0.216. The van der Waals surface area contributed by atoms with Crippen LogP contribution in [0.15, 0.2) is 18.3 Å². The van der Waals surface area contributed by atoms with Gasteiger partial charge in [0, 0.05) is 37.2 Å². The van der Waals surface area contributed by atoms with E-state index in [1.807, 2.05) is 0 Å². The van der Waals surface area contributed by atoms with E-state index in [1.54, 1.807) is 17.2 Å². The van der Waals surface area contributed by atoms with Gasteiger partial charge in [-0.15, -0.1) is 0 Å². The van der Waals surface area contributed by atoms with E-state index in [-0.39, 0.29) is 24.2 Å². The molecule has 1 aliphatic carbocycles. The van der Waals surface area contributed by atoms with Gasteiger partial charge in [0.2, 0.25) is 0 Å². The molecule has 1 saturated heterocycles. The van der Waals surface area contributed by atoms with Crippen molar-refractivity contribution in [2.75, 3.05) is 18.1 Å². The van der Waals surface area contributed by atoms with Crippen molar-refractivity contribution in [2.24, 2.45) is 5.41 Å². The van der Waals surface area contributed by atoms with Crippen LogP contribution in [0.4, 0.5) is 5.82 Å². The molecule has 2 radical (unpaired) electrons. The third kappa shape index (κ3) is 3.48. The number of hydrogen-bond acceptors (Lipinski definition) is 4. The zero-order chi connectivity index (χ0) is 20.9. The summed E-state index contributed by atoms with van der Waals surface area (Å²) in [5.74, 6) is 0.588. The third-order valence-corrected chi connectivity index (χ3v) is 6.50. The first-order valence-electron chi connectivity index (χ1n) is 10.9. The second kappa shape index (κ2) is 7.54. The van der Waals surface area contributed by atoms with Gasteiger partial charge in [-0.2, -0.15) is 0 Å². The molecule has 2 aromatic heterocycles. The predicted octanol–water partition coefficient (Wildman–Crippen LogP) is 2.51. The summed E-state index contributed by atoms with van der Waals surface area (Å²) in [7, 11) is 6.27. The Balaban J connectivity index is 1.40. The van der Waals surface area contributed by atoms with Gasteiger partial charge in [-0.05, 0) is 49.1 Å². The van der Waals surface area contributed by atoms with Crippen molar-refractivity contribution in [1.82, 2.24) is 9.55 Å². The van der Waals surface area contributed by atoms with E-state index >= 15 is 0 Å². The number of aromatic nitrogens is 2. The number of nitrogens with zero attached hydrogens (tertiary/aromatic N) is 3. The second-order valence-corrected chi connectivity index (χ2v) is 9.44. The highest BCUT2D eigenvalue weighted by Crippen LogP contribution is 2.39. The minimum Gasteiger partial charge on any atom is -0.353 e. The average Bonchev–Trinajstić information content (AvgIpc) is 3.20. The highest BCUT2D eigenvalue weighted by atomic mass is 16.7. The summed E-state index contributed by atoms with van der Waals surface area (Å²) < 4.78 is 13.9. The number of carbonyl (C=O) groups is 1. The van der Waals surface area contributed by atoms with Crippen LogP contribution in [0, 0.1) is 5.41 Å². The van der Waals surface area contributed by atoms with Crippen LogP contribution >= 0.6 is 0 Å². The normalized spacial score (nSPS) is 22.8. The van der Waals surface area contributed by atoms with Gasteiger partial charge in [-0.25, -0.2) is 4.98 Å². The Hall–Kier alpha value is -2.12. The van der Waals surface area contributed by atoms with Crippen LogP contribution in [-0.4, -0.2) is 42.7 Å². The van der Waals surface area contributed by atoms with E-state index in [0.717, 1.165) is 56.5 Å². The first-order valence-corrected chi connectivity index (χ1v) is 10.9. The molecule has 2 aliphatic heterocycles. The van der Waals surface area contributed by atoms with Crippen molar-refractivity contribution in [3.8, 4) is 0 Å². The Labute approximate surface area is 179 Å². The van der Waals surface area contributed by atoms with E-state index in [0.29, 0.717) is 17.8 Å². The van der Waals surface area contributed by atoms with Gasteiger partial charge < -0.3 is 14.0 Å². The number of rotatable bonds is 4. The Morgan fingerprint density at radius 1 is 1.30 bits per heavy atom. The molecule has 0 N–H and O–H groups in total. The van der Waals surface area contributed by atoms with E-state index in [4.69, 9.17) is 17.3 Å². The van der Waals surface area contributed by atoms with E-state index < -0.39 is 0 Å². The number of amides is 1. The van der Waals surface area contributed by atoms with Gasteiger partial charge in [0.25, 0.3) is 5.91 Å². The molecule has 30 heavy (non-hydrogen) atoms. The Morgan fingerprint density at radius 2 is 2.17 bits per heavy atom. The van der Waals surface area contributed by atoms with Gasteiger partial charge in [0.15, 0.2) is 6.29 Å². The number of fused-ring (bicyclic) bond motifs is 3. The average molecular weight is 405 g/mol. The van der Waals surface area contributed by atoms with Crippen LogP contribution in [0.5, 0.6) is 0 Å². The zero-order valence-corrected chi connectivity index (χ0v) is 17.8. The van der Waals surface area contributed by atoms with E-state index in [1.165, 1.54) is 11.3 Å². The molecule has 2 aromatic rings. The molecule has 156 valence electrons. The lowest BCUT2D eigenvalue weighted by molar-refractivity contribution is -0.168. The summed E-state index contributed by atoms with van der Waals surface area (Å²) in [6.07, 6.45) is 6.54. The number of anilines is 1. The number of carbonyl (C=O) groups excluding carboxylic acids is 1. The van der Waals surface area contributed by atoms with Crippen LogP contribution in [-0.2, 0) is 35.5 Å². The van der Waals surface area contributed by atoms with Crippen LogP contribution in [0.2, 0.25) is 0 Å². The standard InChI is InChI=1S/C23H28BN3O3/c1-23(2)12-15-11-18-22(28)27(9-8-26(18)19(15)13-23)21-16(17(24)6-7-25-21)14-30-20-5-3-4-10-29-20/h6-7,11,20H,3-5,8-10,12-14H2,1-2H3. The summed E-state index contributed by atoms with van der Waals surface area (Å²) in [6, 6.07) is 3.84. The summed E-state index contributed by atoms with van der Waals surface area (Å²) >= 11 is 0. The maximum atomic E-state index is 13.4. The minimum absolute atomic E-state index is 0.0123. The van der Waals surface area contributed by atoms with Gasteiger partial charge in [0.1, 0.15) is 19.4 Å². The van der Waals surface area contributed by atoms with Gasteiger partial charge >= 0.3 is 0 Å². The zero-order valence-electron chi connectivity index (χ0n) is 17.8. The van der Waals surface area contributed by atoms with Crippen LogP contribution in [0.1, 0.15) is 60.4 Å². The SMILES string of the molecule is [B]c1ccnc(N2CCn3c(cc4c3CC(C)(C)C4)C2=O)c1COC1CCCCO1. The molecule has 1 atom stereocenters. The Morgan fingerprint density at radius 3 is 2.97 bits per heavy atom. The van der Waals surface area contributed by atoms with Gasteiger partial charge in [0.05, 0.1) is 6.61 Å². The quantitative estimate of drug-likeness (QED) is 0.734. The molecule has 0 spiro atoms. The monoisotopic (exact) mass is 405 g/mol. The number of ether oxygens (including phenoxy) is 2. The van der Waals surface area contributed by atoms with Crippen LogP contribution in [0.3, 0.4) is 0 Å². The molecule has 0 aromatic carbocycles. The fourth-order valence-corrected chi connectivity index (χ4v) is 5.01. The molecular formula is C23H28BN3O3. The largest absolute Gasteiger partial charge is 0.353 e. The smallest absolute Gasteiger partial charge is 0.276 e. The van der Waals surface area contributed by atoms with Crippen LogP contribution < -0.4 is 10.4 Å². The maximum Gasteiger partial charge on any atom is 0.276 e. The lowest BCUT2D eigenvalue weighted by Gasteiger charge is -2.31. The van der Waals surface area contributed by atoms with Crippen molar-refractivity contribution >= 4 is 25.0 Å². The van der Waals surface area contributed by atoms with Crippen molar-refractivity contribution in [3.05, 3.63) is 40.8 Å². The number of hydrogen-bond donors (Lipinski definition) is 0. The maximum absolute atomic E-state index is 13.4. The molecule has 7 heteroatoms. The first-order chi connectivity index (χ1) is 14.4. The highest BCUT2D eigenvalue weighted by Gasteiger charge is 2.37. The topological polar surface area (TPSA) is 56.6 Å². The predicted molar refractivity (Wildman–Crippen MR) is 115 cm³/mol. The Kier molecular flexibility index (Phi) is 4.98. The summed E-state index contributed by atoms with van der Waals surface area (Å²) in [5, 5.41) is 0. The Bertz CT molecular complexity index is 978. The fraction of sp³-hybridized carbons (Fsp3) is 0.565. The lowest BCUT2D eigenvalue weighted by atomic mass is 9.90. The van der Waals surface area contributed by atoms with Crippen molar-refractivity contribution in [2.45, 2.75) is 65.4 Å². The molecule has 6 nitrogen and oxygen atoms in total. The molecule has 0 saturated carbocycles. The van der Waals surface area contributed by atoms with E-state index in [9.17, 15) is 4.79 Å². The van der Waals surface area contributed by atoms with E-state index in [2.05, 4.69) is 29.5 Å².